The molecule has 0 aliphatic heterocycles. The third kappa shape index (κ3) is 2.09. The molecular formula is C3H6O7P2. The van der Waals surface area contributed by atoms with Crippen LogP contribution in [-0.4, -0.2) is 33.1 Å². The van der Waals surface area contributed by atoms with E-state index in [1.807, 2.05) is 0 Å². The summed E-state index contributed by atoms with van der Waals surface area (Å²) < 4.78 is 40.5. The topological polar surface area (TPSA) is 129 Å². The highest BCUT2D eigenvalue weighted by Gasteiger charge is 2.45. The van der Waals surface area contributed by atoms with Gasteiger partial charge in [-0.15, -0.1) is 0 Å². The molecule has 0 rings (SSSR count). The van der Waals surface area contributed by atoms with Gasteiger partial charge < -0.3 is 15.3 Å². The predicted octanol–water partition coefficient (Wildman–Crippen LogP) is -0.669. The second-order valence-corrected chi connectivity index (χ2v) is 4.30. The average Bonchev–Trinajstić information content (AvgIpc) is 2.01. The molecule has 7 nitrogen and oxygen atoms in total. The van der Waals surface area contributed by atoms with Crippen molar-refractivity contribution < 1.29 is 33.6 Å². The first-order valence-corrected chi connectivity index (χ1v) is 5.08. The van der Waals surface area contributed by atoms with Crippen molar-refractivity contribution in [3.8, 4) is 0 Å². The zero-order valence-electron chi connectivity index (χ0n) is 5.65. The van der Waals surface area contributed by atoms with E-state index in [0.29, 0.717) is 0 Å². The van der Waals surface area contributed by atoms with E-state index in [-0.39, 0.29) is 0 Å². The largest absolute Gasteiger partial charge is 0.392 e. The van der Waals surface area contributed by atoms with Gasteiger partial charge in [-0.05, 0) is 0 Å². The van der Waals surface area contributed by atoms with Crippen LogP contribution >= 0.6 is 15.4 Å². The SMILES string of the molecule is O=P(=O)C(O)C(O)(CO)P(=O)=O. The summed E-state index contributed by atoms with van der Waals surface area (Å²) >= 11 is 0. The molecule has 0 heterocycles. The Hall–Kier alpha value is -0.320. The molecule has 70 valence electrons. The fourth-order valence-corrected chi connectivity index (χ4v) is 1.69. The van der Waals surface area contributed by atoms with Crippen molar-refractivity contribution in [2.24, 2.45) is 0 Å². The van der Waals surface area contributed by atoms with Gasteiger partial charge in [0.2, 0.25) is 11.2 Å². The molecule has 0 aliphatic rings. The van der Waals surface area contributed by atoms with E-state index in [9.17, 15) is 18.3 Å². The fourth-order valence-electron chi connectivity index (χ4n) is 0.402. The van der Waals surface area contributed by atoms with Gasteiger partial charge in [0.15, 0.2) is 0 Å². The molecule has 0 amide bonds. The van der Waals surface area contributed by atoms with Gasteiger partial charge in [0, 0.05) is 0 Å². The Bertz CT molecular complexity index is 275. The van der Waals surface area contributed by atoms with Crippen LogP contribution in [0.4, 0.5) is 0 Å². The lowest BCUT2D eigenvalue weighted by atomic mass is 10.4. The Morgan fingerprint density at radius 3 is 1.75 bits per heavy atom. The first kappa shape index (κ1) is 11.7. The van der Waals surface area contributed by atoms with Crippen LogP contribution < -0.4 is 0 Å². The summed E-state index contributed by atoms with van der Waals surface area (Å²) in [6, 6.07) is 0. The van der Waals surface area contributed by atoms with Crippen LogP contribution in [0.5, 0.6) is 0 Å². The maximum atomic E-state index is 10.2. The molecule has 9 heteroatoms. The molecule has 2 atom stereocenters. The lowest BCUT2D eigenvalue weighted by Crippen LogP contribution is -2.38. The van der Waals surface area contributed by atoms with Crippen molar-refractivity contribution in [1.82, 2.24) is 0 Å². The van der Waals surface area contributed by atoms with Crippen molar-refractivity contribution >= 4 is 15.4 Å². The minimum Gasteiger partial charge on any atom is -0.392 e. The Morgan fingerprint density at radius 1 is 1.25 bits per heavy atom. The van der Waals surface area contributed by atoms with Gasteiger partial charge in [0.05, 0.1) is 6.61 Å². The average molecular weight is 216 g/mol. The highest BCUT2D eigenvalue weighted by molar-refractivity contribution is 7.37. The van der Waals surface area contributed by atoms with E-state index in [0.717, 1.165) is 0 Å². The maximum Gasteiger partial charge on any atom is 0.354 e. The van der Waals surface area contributed by atoms with Gasteiger partial charge in [-0.25, -0.2) is 18.3 Å². The molecule has 0 aromatic heterocycles. The van der Waals surface area contributed by atoms with E-state index in [2.05, 4.69) is 0 Å². The molecule has 12 heavy (non-hydrogen) atoms. The van der Waals surface area contributed by atoms with Gasteiger partial charge in [-0.2, -0.15) is 0 Å². The Balaban J connectivity index is 5.01. The standard InChI is InChI=1S/C3H6O7P2/c4-1-3(6,12(9)10)2(5)11(7)8/h2,4-6H,1H2. The number of rotatable bonds is 4. The molecule has 0 radical (unpaired) electrons. The first-order chi connectivity index (χ1) is 5.36. The molecule has 0 spiro atoms. The van der Waals surface area contributed by atoms with Gasteiger partial charge >= 0.3 is 15.4 Å². The molecule has 0 aliphatic carbocycles. The highest BCUT2D eigenvalue weighted by atomic mass is 31.1. The second kappa shape index (κ2) is 4.07. The highest BCUT2D eigenvalue weighted by Crippen LogP contribution is 2.36. The number of hydrogen-bond donors (Lipinski definition) is 3. The van der Waals surface area contributed by atoms with Crippen molar-refractivity contribution in [2.45, 2.75) is 11.2 Å². The summed E-state index contributed by atoms with van der Waals surface area (Å²) in [5, 5.41) is 22.8. The molecule has 0 saturated heterocycles. The van der Waals surface area contributed by atoms with Gasteiger partial charge in [0.25, 0.3) is 0 Å². The smallest absolute Gasteiger partial charge is 0.354 e. The minimum atomic E-state index is -3.65. The summed E-state index contributed by atoms with van der Waals surface area (Å²) in [4.78, 5) is 0. The van der Waals surface area contributed by atoms with Crippen LogP contribution in [0, 0.1) is 0 Å². The van der Waals surface area contributed by atoms with E-state index in [4.69, 9.17) is 15.3 Å². The lowest BCUT2D eigenvalue weighted by Gasteiger charge is -2.17. The lowest BCUT2D eigenvalue weighted by molar-refractivity contribution is -0.0125. The molecule has 0 bridgehead atoms. The Labute approximate surface area is 67.7 Å². The van der Waals surface area contributed by atoms with E-state index in [1.54, 1.807) is 0 Å². The van der Waals surface area contributed by atoms with Gasteiger partial charge in [0.1, 0.15) is 0 Å². The maximum absolute atomic E-state index is 10.2. The molecule has 2 unspecified atom stereocenters. The van der Waals surface area contributed by atoms with Crippen LogP contribution in [0.2, 0.25) is 0 Å². The molecule has 0 fully saturated rings. The minimum absolute atomic E-state index is 1.38. The zero-order chi connectivity index (χ0) is 9.94. The third-order valence-corrected chi connectivity index (χ3v) is 3.21. The van der Waals surface area contributed by atoms with Crippen molar-refractivity contribution in [3.63, 3.8) is 0 Å². The first-order valence-electron chi connectivity index (χ1n) is 2.65. The molecule has 0 aromatic carbocycles. The normalized spacial score (nSPS) is 17.9. The number of hydrogen-bond acceptors (Lipinski definition) is 7. The summed E-state index contributed by atoms with van der Waals surface area (Å²) in [6.07, 6.45) is 0. The van der Waals surface area contributed by atoms with Crippen molar-refractivity contribution in [3.05, 3.63) is 0 Å². The van der Waals surface area contributed by atoms with E-state index in [1.165, 1.54) is 0 Å². The number of aliphatic hydroxyl groups excluding tert-OH is 2. The van der Waals surface area contributed by atoms with E-state index >= 15 is 0 Å². The van der Waals surface area contributed by atoms with Gasteiger partial charge in [-0.3, -0.25) is 0 Å². The zero-order valence-corrected chi connectivity index (χ0v) is 7.44. The van der Waals surface area contributed by atoms with Crippen molar-refractivity contribution in [2.75, 3.05) is 6.61 Å². The molecule has 0 aromatic rings. The Kier molecular flexibility index (Phi) is 3.96. The monoisotopic (exact) mass is 216 g/mol. The molecule has 3 N–H and O–H groups in total. The van der Waals surface area contributed by atoms with Gasteiger partial charge in [-0.1, -0.05) is 0 Å². The summed E-state index contributed by atoms with van der Waals surface area (Å²) in [5.74, 6) is -2.52. The summed E-state index contributed by atoms with van der Waals surface area (Å²) in [7, 11) is -7.17. The van der Waals surface area contributed by atoms with Crippen molar-refractivity contribution in [1.29, 1.82) is 0 Å². The van der Waals surface area contributed by atoms with Crippen LogP contribution in [0.3, 0.4) is 0 Å². The number of aliphatic hydroxyl groups is 3. The third-order valence-electron chi connectivity index (χ3n) is 1.16. The Morgan fingerprint density at radius 2 is 1.67 bits per heavy atom. The summed E-state index contributed by atoms with van der Waals surface area (Å²) in [5.41, 5.74) is 0. The summed E-state index contributed by atoms with van der Waals surface area (Å²) in [6.45, 7) is -1.38. The predicted molar refractivity (Wildman–Crippen MR) is 34.6 cm³/mol. The van der Waals surface area contributed by atoms with Crippen LogP contribution in [-0.2, 0) is 18.3 Å². The molecule has 0 saturated carbocycles. The quantitative estimate of drug-likeness (QED) is 0.531. The second-order valence-electron chi connectivity index (χ2n) is 1.95. The van der Waals surface area contributed by atoms with Crippen LogP contribution in [0.1, 0.15) is 0 Å². The van der Waals surface area contributed by atoms with Crippen LogP contribution in [0.15, 0.2) is 0 Å². The van der Waals surface area contributed by atoms with Crippen LogP contribution in [0.25, 0.3) is 0 Å². The fraction of sp³-hybridized carbons (Fsp3) is 1.00. The van der Waals surface area contributed by atoms with E-state index < -0.39 is 33.2 Å². The molecular weight excluding hydrogens is 210 g/mol.